The third-order valence-electron chi connectivity index (χ3n) is 6.93. The van der Waals surface area contributed by atoms with Gasteiger partial charge in [-0.25, -0.2) is 27.6 Å². The maximum Gasteiger partial charge on any atom is 0.510 e. The smallest absolute Gasteiger partial charge is 0.438 e. The van der Waals surface area contributed by atoms with Crippen molar-refractivity contribution in [1.29, 1.82) is 0 Å². The Labute approximate surface area is 239 Å². The van der Waals surface area contributed by atoms with Crippen LogP contribution < -0.4 is 11.2 Å². The van der Waals surface area contributed by atoms with E-state index in [0.717, 1.165) is 30.4 Å². The molecule has 0 amide bonds. The van der Waals surface area contributed by atoms with E-state index in [9.17, 15) is 23.7 Å². The largest absolute Gasteiger partial charge is 0.510 e. The highest BCUT2D eigenvalue weighted by molar-refractivity contribution is 7.48. The Bertz CT molecular complexity index is 1310. The monoisotopic (exact) mass is 624 g/mol. The zero-order valence-corrected chi connectivity index (χ0v) is 24.4. The van der Waals surface area contributed by atoms with Crippen molar-refractivity contribution in [2.75, 3.05) is 26.9 Å². The van der Waals surface area contributed by atoms with Gasteiger partial charge in [-0.15, -0.1) is 0 Å². The third kappa shape index (κ3) is 6.77. The fourth-order valence-electron chi connectivity index (χ4n) is 5.19. The number of esters is 1. The molecule has 1 aromatic rings. The van der Waals surface area contributed by atoms with Crippen molar-refractivity contribution in [2.24, 2.45) is 0 Å². The molecule has 18 heteroatoms. The van der Waals surface area contributed by atoms with Gasteiger partial charge in [0.2, 0.25) is 13.6 Å². The van der Waals surface area contributed by atoms with E-state index in [1.807, 2.05) is 0 Å². The number of hydrogen-bond donors (Lipinski definition) is 1. The lowest BCUT2D eigenvalue weighted by Crippen LogP contribution is -2.51. The van der Waals surface area contributed by atoms with Crippen LogP contribution in [0.5, 0.6) is 0 Å². The molecule has 2 aliphatic heterocycles. The lowest BCUT2D eigenvalue weighted by molar-refractivity contribution is -0.253. The minimum atomic E-state index is -4.74. The molecule has 0 radical (unpaired) electrons. The molecule has 0 bridgehead atoms. The van der Waals surface area contributed by atoms with Crippen molar-refractivity contribution in [3.05, 3.63) is 33.1 Å². The van der Waals surface area contributed by atoms with Gasteiger partial charge in [0, 0.05) is 32.0 Å². The van der Waals surface area contributed by atoms with Crippen LogP contribution >= 0.6 is 7.82 Å². The van der Waals surface area contributed by atoms with Gasteiger partial charge < -0.3 is 28.4 Å². The highest BCUT2D eigenvalue weighted by atomic mass is 31.2. The van der Waals surface area contributed by atoms with Crippen molar-refractivity contribution in [2.45, 2.75) is 88.8 Å². The quantitative estimate of drug-likeness (QED) is 0.203. The molecule has 1 aliphatic carbocycles. The molecule has 3 fully saturated rings. The number of nitrogens with zero attached hydrogens (tertiary/aromatic N) is 1. The number of rotatable bonds is 12. The van der Waals surface area contributed by atoms with Crippen molar-refractivity contribution in [3.8, 4) is 0 Å². The van der Waals surface area contributed by atoms with Gasteiger partial charge in [0.25, 0.3) is 5.56 Å². The lowest BCUT2D eigenvalue weighted by Gasteiger charge is -2.34. The number of aromatic amines is 1. The first-order valence-corrected chi connectivity index (χ1v) is 14.7. The SMILES string of the molecule is CC(=O)OCOP(=O)(OCOC(=O)OC(C)C)OC[C@@]1(CF)O[C@@H](n2ccc(=O)[nH]c2=O)[C@]2(C)OC3(CCCC3)O[C@H]12. The number of hydrogen-bond acceptors (Lipinski definition) is 14. The predicted molar refractivity (Wildman–Crippen MR) is 136 cm³/mol. The zero-order valence-electron chi connectivity index (χ0n) is 23.5. The van der Waals surface area contributed by atoms with Crippen molar-refractivity contribution < 1.29 is 60.5 Å². The fraction of sp³-hybridized carbons (Fsp3) is 0.750. The van der Waals surface area contributed by atoms with E-state index in [1.54, 1.807) is 20.8 Å². The summed E-state index contributed by atoms with van der Waals surface area (Å²) in [7, 11) is -4.74. The summed E-state index contributed by atoms with van der Waals surface area (Å²) in [6, 6.07) is 1.09. The number of phosphoric acid groups is 1. The minimum Gasteiger partial charge on any atom is -0.438 e. The van der Waals surface area contributed by atoms with Gasteiger partial charge >= 0.3 is 25.6 Å². The summed E-state index contributed by atoms with van der Waals surface area (Å²) in [6.45, 7) is 1.82. The van der Waals surface area contributed by atoms with Crippen LogP contribution in [0.4, 0.5) is 9.18 Å². The summed E-state index contributed by atoms with van der Waals surface area (Å²) >= 11 is 0. The standard InChI is InChI=1S/C24H34FN2O14P/c1-15(2)38-21(31)34-14-37-42(32,36-13-33-16(3)28)35-12-23(11-25)18-22(4,41-24(39-18)8-5-6-9-24)19(40-23)27-10-7-17(29)26-20(27)30/h7,10,15,18-19H,5-6,8-9,11-14H2,1-4H3,(H,26,29,30)/t18-,19+,22+,23+,42?/m0/s1. The number of H-pyrrole nitrogens is 1. The fourth-order valence-corrected chi connectivity index (χ4v) is 6.15. The summed E-state index contributed by atoms with van der Waals surface area (Å²) in [5.74, 6) is -1.87. The molecule has 3 heterocycles. The molecule has 5 atom stereocenters. The van der Waals surface area contributed by atoms with Crippen molar-refractivity contribution in [3.63, 3.8) is 0 Å². The number of alkyl halides is 1. The Hall–Kier alpha value is -2.66. The number of aromatic nitrogens is 2. The molecular formula is C24H34FN2O14P. The van der Waals surface area contributed by atoms with Crippen LogP contribution in [0.25, 0.3) is 0 Å². The highest BCUT2D eigenvalue weighted by Crippen LogP contribution is 2.60. The third-order valence-corrected chi connectivity index (χ3v) is 8.22. The number of carbonyl (C=O) groups excluding carboxylic acids is 2. The van der Waals surface area contributed by atoms with E-state index < -0.39 is 93.5 Å². The summed E-state index contributed by atoms with van der Waals surface area (Å²) in [4.78, 5) is 49.4. The maximum atomic E-state index is 15.1. The summed E-state index contributed by atoms with van der Waals surface area (Å²) in [5.41, 5.74) is -5.02. The van der Waals surface area contributed by atoms with Crippen molar-refractivity contribution >= 4 is 19.9 Å². The molecule has 2 saturated heterocycles. The molecule has 1 saturated carbocycles. The number of carbonyl (C=O) groups is 2. The second-order valence-corrected chi connectivity index (χ2v) is 12.2. The summed E-state index contributed by atoms with van der Waals surface area (Å²) < 4.78 is 78.0. The van der Waals surface area contributed by atoms with E-state index in [1.165, 1.54) is 6.20 Å². The molecule has 16 nitrogen and oxygen atoms in total. The van der Waals surface area contributed by atoms with Gasteiger partial charge in [-0.05, 0) is 33.6 Å². The Morgan fingerprint density at radius 2 is 1.81 bits per heavy atom. The van der Waals surface area contributed by atoms with Crippen LogP contribution in [0.3, 0.4) is 0 Å². The summed E-state index contributed by atoms with van der Waals surface area (Å²) in [6.07, 6.45) is -0.470. The second-order valence-electron chi connectivity index (χ2n) is 10.5. The Morgan fingerprint density at radius 1 is 1.14 bits per heavy atom. The van der Waals surface area contributed by atoms with E-state index in [-0.39, 0.29) is 0 Å². The van der Waals surface area contributed by atoms with E-state index in [4.69, 9.17) is 37.3 Å². The number of halogens is 1. The molecule has 3 aliphatic rings. The van der Waals surface area contributed by atoms with E-state index >= 15 is 4.39 Å². The molecule has 1 aromatic heterocycles. The van der Waals surface area contributed by atoms with Crippen LogP contribution in [-0.4, -0.2) is 77.7 Å². The van der Waals surface area contributed by atoms with E-state index in [2.05, 4.69) is 9.72 Å². The molecule has 4 rings (SSSR count). The van der Waals surface area contributed by atoms with Gasteiger partial charge in [-0.3, -0.25) is 23.7 Å². The summed E-state index contributed by atoms with van der Waals surface area (Å²) in [5, 5.41) is 0. The average Bonchev–Trinajstić information content (AvgIpc) is 3.54. The van der Waals surface area contributed by atoms with Gasteiger partial charge in [0.15, 0.2) is 17.6 Å². The topological polar surface area (TPSA) is 189 Å². The number of phosphoric ester groups is 1. The Balaban J connectivity index is 1.60. The first-order chi connectivity index (χ1) is 19.8. The normalized spacial score (nSPS) is 29.4. The maximum absolute atomic E-state index is 15.1. The van der Waals surface area contributed by atoms with Crippen LogP contribution in [0, 0.1) is 0 Å². The van der Waals surface area contributed by atoms with Crippen LogP contribution in [0.2, 0.25) is 0 Å². The Kier molecular flexibility index (Phi) is 9.62. The molecule has 1 unspecified atom stereocenters. The van der Waals surface area contributed by atoms with Crippen LogP contribution in [0.15, 0.2) is 21.9 Å². The molecular weight excluding hydrogens is 590 g/mol. The first-order valence-electron chi connectivity index (χ1n) is 13.2. The molecule has 0 aromatic carbocycles. The predicted octanol–water partition coefficient (Wildman–Crippen LogP) is 2.42. The first kappa shape index (κ1) is 32.3. The van der Waals surface area contributed by atoms with Gasteiger partial charge in [0.05, 0.1) is 12.7 Å². The molecule has 42 heavy (non-hydrogen) atoms. The molecule has 236 valence electrons. The highest BCUT2D eigenvalue weighted by Gasteiger charge is 2.72. The molecule has 1 spiro atoms. The van der Waals surface area contributed by atoms with Crippen molar-refractivity contribution in [1.82, 2.24) is 9.55 Å². The lowest BCUT2D eigenvalue weighted by atomic mass is 9.88. The molecule has 1 N–H and O–H groups in total. The number of fused-ring (bicyclic) bond motifs is 1. The number of nitrogens with one attached hydrogen (secondary N) is 1. The number of ether oxygens (including phenoxy) is 6. The van der Waals surface area contributed by atoms with Crippen LogP contribution in [-0.2, 0) is 51.4 Å². The van der Waals surface area contributed by atoms with Gasteiger partial charge in [-0.2, -0.15) is 0 Å². The Morgan fingerprint density at radius 3 is 2.40 bits per heavy atom. The second kappa shape index (κ2) is 12.5. The zero-order chi connectivity index (χ0) is 30.8. The van der Waals surface area contributed by atoms with E-state index in [0.29, 0.717) is 12.8 Å². The van der Waals surface area contributed by atoms with Gasteiger partial charge in [0.1, 0.15) is 18.4 Å². The van der Waals surface area contributed by atoms with Gasteiger partial charge in [-0.1, -0.05) is 0 Å². The minimum absolute atomic E-state index is 0.493. The van der Waals surface area contributed by atoms with Crippen LogP contribution in [0.1, 0.15) is 59.6 Å². The average molecular weight is 625 g/mol.